The van der Waals surface area contributed by atoms with Gasteiger partial charge in [0.2, 0.25) is 0 Å². The molecule has 0 aliphatic rings. The predicted octanol–water partition coefficient (Wildman–Crippen LogP) is 0.905. The molecule has 78 valence electrons. The second kappa shape index (κ2) is 3.82. The Balaban J connectivity index is 2.49. The van der Waals surface area contributed by atoms with E-state index in [4.69, 9.17) is 5.41 Å². The third-order valence-corrected chi connectivity index (χ3v) is 2.82. The molecule has 0 spiro atoms. The van der Waals surface area contributed by atoms with Crippen molar-refractivity contribution in [2.45, 2.75) is 6.54 Å². The number of aromatic nitrogens is 2. The molecule has 2 N–H and O–H groups in total. The molecule has 0 aromatic carbocycles. The number of H-pyrrole nitrogens is 1. The summed E-state index contributed by atoms with van der Waals surface area (Å²) in [4.78, 5) is 14.5. The van der Waals surface area contributed by atoms with E-state index in [-0.39, 0.29) is 6.54 Å². The van der Waals surface area contributed by atoms with Crippen molar-refractivity contribution in [1.29, 1.82) is 5.41 Å². The van der Waals surface area contributed by atoms with Gasteiger partial charge in [-0.2, -0.15) is 0 Å². The van der Waals surface area contributed by atoms with Crippen LogP contribution in [0, 0.1) is 11.2 Å². The van der Waals surface area contributed by atoms with E-state index < -0.39 is 17.0 Å². The number of nitrogens with zero attached hydrogens (tertiary/aromatic N) is 1. The van der Waals surface area contributed by atoms with Gasteiger partial charge in [-0.25, -0.2) is 9.18 Å². The Morgan fingerprint density at radius 3 is 3.07 bits per heavy atom. The van der Waals surface area contributed by atoms with E-state index in [0.29, 0.717) is 0 Å². The summed E-state index contributed by atoms with van der Waals surface area (Å²) < 4.78 is 14.1. The van der Waals surface area contributed by atoms with Gasteiger partial charge in [0.25, 0.3) is 0 Å². The van der Waals surface area contributed by atoms with Gasteiger partial charge >= 0.3 is 5.69 Å². The van der Waals surface area contributed by atoms with Gasteiger partial charge in [0, 0.05) is 11.1 Å². The molecule has 0 atom stereocenters. The van der Waals surface area contributed by atoms with Crippen LogP contribution < -0.4 is 11.2 Å². The number of nitrogens with one attached hydrogen (secondary N) is 2. The minimum absolute atomic E-state index is 0.226. The average Bonchev–Trinajstić information content (AvgIpc) is 2.71. The monoisotopic (exact) mass is 225 g/mol. The zero-order valence-corrected chi connectivity index (χ0v) is 8.47. The third-order valence-electron chi connectivity index (χ3n) is 1.96. The fourth-order valence-corrected chi connectivity index (χ4v) is 1.90. The minimum atomic E-state index is -0.730. The number of halogens is 1. The van der Waals surface area contributed by atoms with Gasteiger partial charge in [-0.15, -0.1) is 11.3 Å². The molecule has 4 nitrogen and oxygen atoms in total. The second-order valence-electron chi connectivity index (χ2n) is 2.96. The Morgan fingerprint density at radius 1 is 1.60 bits per heavy atom. The molecule has 15 heavy (non-hydrogen) atoms. The van der Waals surface area contributed by atoms with Gasteiger partial charge in [-0.05, 0) is 11.4 Å². The van der Waals surface area contributed by atoms with Crippen molar-refractivity contribution in [3.05, 3.63) is 50.4 Å². The van der Waals surface area contributed by atoms with Gasteiger partial charge in [0.05, 0.1) is 6.54 Å². The van der Waals surface area contributed by atoms with Crippen molar-refractivity contribution < 1.29 is 4.39 Å². The summed E-state index contributed by atoms with van der Waals surface area (Å²) in [6, 6.07) is 3.68. The highest BCUT2D eigenvalue weighted by Gasteiger charge is 2.04. The molecule has 0 saturated heterocycles. The van der Waals surface area contributed by atoms with Crippen molar-refractivity contribution in [3.8, 4) is 0 Å². The van der Waals surface area contributed by atoms with Crippen molar-refractivity contribution >= 4 is 11.3 Å². The Hall–Kier alpha value is -1.69. The van der Waals surface area contributed by atoms with Gasteiger partial charge in [0.15, 0.2) is 11.3 Å². The number of aromatic amines is 1. The highest BCUT2D eigenvalue weighted by atomic mass is 32.1. The summed E-state index contributed by atoms with van der Waals surface area (Å²) in [6.07, 6.45) is 0.898. The Kier molecular flexibility index (Phi) is 2.51. The van der Waals surface area contributed by atoms with Crippen molar-refractivity contribution in [3.63, 3.8) is 0 Å². The molecule has 0 unspecified atom stereocenters. The van der Waals surface area contributed by atoms with Gasteiger partial charge < -0.3 is 4.98 Å². The standard InChI is InChI=1S/C9H8FN3OS/c10-7-4-12-9(14)13(8(7)11)5-6-2-1-3-15-6/h1-4,11H,5H2,(H,12,14). The first kappa shape index (κ1) is 9.85. The van der Waals surface area contributed by atoms with Crippen LogP contribution in [0.5, 0.6) is 0 Å². The molecular weight excluding hydrogens is 217 g/mol. The zero-order chi connectivity index (χ0) is 10.8. The first-order valence-electron chi connectivity index (χ1n) is 4.23. The molecule has 0 amide bonds. The first-order chi connectivity index (χ1) is 7.18. The molecule has 0 saturated carbocycles. The van der Waals surface area contributed by atoms with E-state index in [1.165, 1.54) is 11.3 Å². The van der Waals surface area contributed by atoms with Crippen molar-refractivity contribution in [2.75, 3.05) is 0 Å². The molecule has 2 aromatic rings. The van der Waals surface area contributed by atoms with E-state index in [0.717, 1.165) is 15.6 Å². The lowest BCUT2D eigenvalue weighted by molar-refractivity contribution is 0.543. The lowest BCUT2D eigenvalue weighted by Crippen LogP contribution is -2.36. The van der Waals surface area contributed by atoms with E-state index in [9.17, 15) is 9.18 Å². The molecule has 0 bridgehead atoms. The van der Waals surface area contributed by atoms with Crippen LogP contribution in [0.2, 0.25) is 0 Å². The van der Waals surface area contributed by atoms with Crippen LogP contribution in [0.1, 0.15) is 4.88 Å². The van der Waals surface area contributed by atoms with E-state index in [2.05, 4.69) is 4.98 Å². The summed E-state index contributed by atoms with van der Waals surface area (Å²) >= 11 is 1.46. The van der Waals surface area contributed by atoms with Crippen LogP contribution in [0.3, 0.4) is 0 Å². The Bertz CT molecular complexity index is 570. The van der Waals surface area contributed by atoms with E-state index >= 15 is 0 Å². The SMILES string of the molecule is N=c1c(F)c[nH]c(=O)n1Cc1cccs1. The molecule has 0 fully saturated rings. The first-order valence-corrected chi connectivity index (χ1v) is 5.11. The maximum absolute atomic E-state index is 13.0. The predicted molar refractivity (Wildman–Crippen MR) is 54.3 cm³/mol. The molecule has 0 radical (unpaired) electrons. The maximum atomic E-state index is 13.0. The largest absolute Gasteiger partial charge is 0.327 e. The molecule has 0 aliphatic heterocycles. The van der Waals surface area contributed by atoms with E-state index in [1.54, 1.807) is 0 Å². The molecule has 2 heterocycles. The van der Waals surface area contributed by atoms with Crippen molar-refractivity contribution in [1.82, 2.24) is 9.55 Å². The summed E-state index contributed by atoms with van der Waals surface area (Å²) in [6.45, 7) is 0.226. The quantitative estimate of drug-likeness (QED) is 0.784. The fraction of sp³-hybridized carbons (Fsp3) is 0.111. The van der Waals surface area contributed by atoms with Gasteiger partial charge in [-0.1, -0.05) is 6.07 Å². The van der Waals surface area contributed by atoms with Crippen LogP contribution in [0.15, 0.2) is 28.5 Å². The van der Waals surface area contributed by atoms with Crippen LogP contribution >= 0.6 is 11.3 Å². The molecule has 0 aliphatic carbocycles. The topological polar surface area (TPSA) is 61.6 Å². The van der Waals surface area contributed by atoms with Crippen LogP contribution in [0.4, 0.5) is 4.39 Å². The fourth-order valence-electron chi connectivity index (χ4n) is 1.21. The van der Waals surface area contributed by atoms with Gasteiger partial charge in [0.1, 0.15) is 0 Å². The summed E-state index contributed by atoms with van der Waals surface area (Å²) in [5, 5.41) is 9.28. The Morgan fingerprint density at radius 2 is 2.40 bits per heavy atom. The van der Waals surface area contributed by atoms with Crippen LogP contribution in [-0.2, 0) is 6.54 Å². The number of hydrogen-bond donors (Lipinski definition) is 2. The smallest absolute Gasteiger partial charge is 0.311 e. The highest BCUT2D eigenvalue weighted by Crippen LogP contribution is 2.08. The third kappa shape index (κ3) is 1.89. The van der Waals surface area contributed by atoms with Gasteiger partial charge in [-0.3, -0.25) is 9.98 Å². The zero-order valence-electron chi connectivity index (χ0n) is 7.66. The number of thiophene rings is 1. The van der Waals surface area contributed by atoms with E-state index in [1.807, 2.05) is 17.5 Å². The lowest BCUT2D eigenvalue weighted by Gasteiger charge is -2.03. The summed E-state index contributed by atoms with van der Waals surface area (Å²) in [7, 11) is 0. The number of rotatable bonds is 2. The second-order valence-corrected chi connectivity index (χ2v) is 3.99. The molecular formula is C9H8FN3OS. The average molecular weight is 225 g/mol. The summed E-state index contributed by atoms with van der Waals surface area (Å²) in [5.41, 5.74) is -0.873. The maximum Gasteiger partial charge on any atom is 0.327 e. The number of hydrogen-bond acceptors (Lipinski definition) is 3. The van der Waals surface area contributed by atoms with Crippen LogP contribution in [-0.4, -0.2) is 9.55 Å². The molecule has 2 aromatic heterocycles. The van der Waals surface area contributed by atoms with Crippen molar-refractivity contribution in [2.24, 2.45) is 0 Å². The Labute approximate surface area is 88.2 Å². The lowest BCUT2D eigenvalue weighted by atomic mass is 10.4. The molecule has 6 heteroatoms. The molecule has 2 rings (SSSR count). The highest BCUT2D eigenvalue weighted by molar-refractivity contribution is 7.09. The normalized spacial score (nSPS) is 10.5. The van der Waals surface area contributed by atoms with Crippen LogP contribution in [0.25, 0.3) is 0 Å². The minimum Gasteiger partial charge on any atom is -0.311 e. The summed E-state index contributed by atoms with van der Waals surface area (Å²) in [5.74, 6) is -0.730.